The highest BCUT2D eigenvalue weighted by atomic mass is 32.2. The van der Waals surface area contributed by atoms with Gasteiger partial charge < -0.3 is 15.0 Å². The molecule has 202 valence electrons. The predicted molar refractivity (Wildman–Crippen MR) is 144 cm³/mol. The molecule has 2 amide bonds. The minimum atomic E-state index is -4.19. The van der Waals surface area contributed by atoms with Gasteiger partial charge in [0.2, 0.25) is 11.8 Å². The van der Waals surface area contributed by atoms with Crippen LogP contribution < -0.4 is 14.4 Å². The van der Waals surface area contributed by atoms with Crippen LogP contribution in [0.5, 0.6) is 5.75 Å². The second kappa shape index (κ2) is 13.0. The maximum atomic E-state index is 13.8. The van der Waals surface area contributed by atoms with Crippen molar-refractivity contribution in [2.24, 2.45) is 0 Å². The molecule has 0 aliphatic heterocycles. The molecule has 0 saturated heterocycles. The van der Waals surface area contributed by atoms with Gasteiger partial charge in [-0.2, -0.15) is 0 Å². The summed E-state index contributed by atoms with van der Waals surface area (Å²) in [5, 5.41) is 2.79. The van der Waals surface area contributed by atoms with E-state index < -0.39 is 34.3 Å². The maximum absolute atomic E-state index is 13.8. The summed E-state index contributed by atoms with van der Waals surface area (Å²) in [7, 11) is -2.65. The average Bonchev–Trinajstić information content (AvgIpc) is 2.94. The number of sulfonamides is 1. The summed E-state index contributed by atoms with van der Waals surface area (Å²) < 4.78 is 47.0. The Balaban J connectivity index is 1.99. The molecule has 3 aromatic rings. The zero-order valence-corrected chi connectivity index (χ0v) is 22.4. The number of nitrogens with one attached hydrogen (secondary N) is 1. The van der Waals surface area contributed by atoms with Crippen LogP contribution in [-0.2, 0) is 26.2 Å². The Hall–Kier alpha value is -3.92. The smallest absolute Gasteiger partial charge is 0.264 e. The van der Waals surface area contributed by atoms with Crippen molar-refractivity contribution in [2.75, 3.05) is 24.5 Å². The van der Waals surface area contributed by atoms with Crippen molar-refractivity contribution in [1.29, 1.82) is 0 Å². The number of carbonyl (C=O) groups excluding carboxylic acids is 2. The first-order valence-corrected chi connectivity index (χ1v) is 13.6. The predicted octanol–water partition coefficient (Wildman–Crippen LogP) is 3.97. The number of hydrogen-bond donors (Lipinski definition) is 1. The second-order valence-electron chi connectivity index (χ2n) is 8.64. The highest BCUT2D eigenvalue weighted by Crippen LogP contribution is 2.25. The van der Waals surface area contributed by atoms with E-state index in [1.54, 1.807) is 56.5 Å². The van der Waals surface area contributed by atoms with Gasteiger partial charge in [0.15, 0.2) is 0 Å². The van der Waals surface area contributed by atoms with E-state index in [0.29, 0.717) is 12.3 Å². The summed E-state index contributed by atoms with van der Waals surface area (Å²) in [5.41, 5.74) is 0.852. The molecule has 0 radical (unpaired) electrons. The van der Waals surface area contributed by atoms with Crippen molar-refractivity contribution in [2.45, 2.75) is 37.8 Å². The molecule has 1 N–H and O–H groups in total. The molecule has 0 unspecified atom stereocenters. The number of methoxy groups -OCH3 is 1. The highest BCUT2D eigenvalue weighted by molar-refractivity contribution is 7.92. The second-order valence-corrected chi connectivity index (χ2v) is 10.5. The zero-order valence-electron chi connectivity index (χ0n) is 21.6. The zero-order chi connectivity index (χ0) is 27.7. The van der Waals surface area contributed by atoms with Gasteiger partial charge in [0.25, 0.3) is 10.0 Å². The van der Waals surface area contributed by atoms with Gasteiger partial charge >= 0.3 is 0 Å². The Bertz CT molecular complexity index is 1320. The fourth-order valence-electron chi connectivity index (χ4n) is 3.76. The lowest BCUT2D eigenvalue weighted by Gasteiger charge is -2.32. The molecule has 0 aliphatic rings. The van der Waals surface area contributed by atoms with E-state index in [9.17, 15) is 22.4 Å². The van der Waals surface area contributed by atoms with Gasteiger partial charge in [-0.3, -0.25) is 13.9 Å². The quantitative estimate of drug-likeness (QED) is 0.374. The average molecular weight is 542 g/mol. The molecule has 0 spiro atoms. The molecule has 3 rings (SSSR count). The minimum Gasteiger partial charge on any atom is -0.497 e. The molecule has 0 aromatic heterocycles. The summed E-state index contributed by atoms with van der Waals surface area (Å²) in [4.78, 5) is 27.9. The van der Waals surface area contributed by atoms with Crippen molar-refractivity contribution in [3.63, 3.8) is 0 Å². The van der Waals surface area contributed by atoms with E-state index in [2.05, 4.69) is 5.32 Å². The van der Waals surface area contributed by atoms with Crippen LogP contribution in [0.2, 0.25) is 0 Å². The van der Waals surface area contributed by atoms with Crippen molar-refractivity contribution < 1.29 is 27.1 Å². The standard InChI is InChI=1S/C28H32FN3O5S/c1-4-18-30-28(34)21(2)31(19-22-10-16-25(37-3)17-11-22)27(33)20-32(24-14-12-23(29)13-15-24)38(35,36)26-8-6-5-7-9-26/h5-17,21H,4,18-20H2,1-3H3,(H,30,34)/t21-/m0/s1. The first kappa shape index (κ1) is 28.6. The topological polar surface area (TPSA) is 96.0 Å². The maximum Gasteiger partial charge on any atom is 0.264 e. The molecule has 0 fully saturated rings. The van der Waals surface area contributed by atoms with E-state index >= 15 is 0 Å². The van der Waals surface area contributed by atoms with Crippen molar-refractivity contribution in [3.05, 3.63) is 90.2 Å². The summed E-state index contributed by atoms with van der Waals surface area (Å²) >= 11 is 0. The van der Waals surface area contributed by atoms with Gasteiger partial charge in [-0.15, -0.1) is 0 Å². The van der Waals surface area contributed by atoms with Crippen LogP contribution in [0.4, 0.5) is 10.1 Å². The van der Waals surface area contributed by atoms with E-state index in [4.69, 9.17) is 4.74 Å². The Labute approximate surface area is 223 Å². The molecule has 38 heavy (non-hydrogen) atoms. The monoisotopic (exact) mass is 541 g/mol. The molecule has 1 atom stereocenters. The summed E-state index contributed by atoms with van der Waals surface area (Å²) in [6.45, 7) is 3.43. The molecule has 0 aliphatic carbocycles. The third-order valence-electron chi connectivity index (χ3n) is 5.95. The van der Waals surface area contributed by atoms with Gasteiger partial charge in [0.05, 0.1) is 17.7 Å². The van der Waals surface area contributed by atoms with Crippen LogP contribution in [0, 0.1) is 5.82 Å². The molecule has 8 nitrogen and oxygen atoms in total. The lowest BCUT2D eigenvalue weighted by Crippen LogP contribution is -2.51. The third kappa shape index (κ3) is 7.10. The lowest BCUT2D eigenvalue weighted by molar-refractivity contribution is -0.139. The van der Waals surface area contributed by atoms with Gasteiger partial charge in [0.1, 0.15) is 24.2 Å². The van der Waals surface area contributed by atoms with Gasteiger partial charge in [0, 0.05) is 13.1 Å². The Morgan fingerprint density at radius 2 is 1.61 bits per heavy atom. The molecule has 0 bridgehead atoms. The first-order chi connectivity index (χ1) is 18.2. The SMILES string of the molecule is CCCNC(=O)[C@H](C)N(Cc1ccc(OC)cc1)C(=O)CN(c1ccc(F)cc1)S(=O)(=O)c1ccccc1. The molecule has 3 aromatic carbocycles. The molecule has 0 saturated carbocycles. The molecule has 10 heteroatoms. The number of amides is 2. The Morgan fingerprint density at radius 1 is 0.974 bits per heavy atom. The Kier molecular flexibility index (Phi) is 9.84. The van der Waals surface area contributed by atoms with Gasteiger partial charge in [-0.1, -0.05) is 37.3 Å². The minimum absolute atomic E-state index is 0.0208. The van der Waals surface area contributed by atoms with Crippen LogP contribution in [0.25, 0.3) is 0 Å². The van der Waals surface area contributed by atoms with Crippen LogP contribution in [0.3, 0.4) is 0 Å². The summed E-state index contributed by atoms with van der Waals surface area (Å²) in [6, 6.07) is 18.7. The first-order valence-electron chi connectivity index (χ1n) is 12.2. The summed E-state index contributed by atoms with van der Waals surface area (Å²) in [5.74, 6) is -0.854. The summed E-state index contributed by atoms with van der Waals surface area (Å²) in [6.07, 6.45) is 0.721. The van der Waals surface area contributed by atoms with Crippen molar-refractivity contribution >= 4 is 27.5 Å². The van der Waals surface area contributed by atoms with Crippen LogP contribution >= 0.6 is 0 Å². The molecular formula is C28H32FN3O5S. The molecule has 0 heterocycles. The normalized spacial score (nSPS) is 11.9. The van der Waals surface area contributed by atoms with Crippen LogP contribution in [-0.4, -0.2) is 51.4 Å². The third-order valence-corrected chi connectivity index (χ3v) is 7.74. The Morgan fingerprint density at radius 3 is 2.18 bits per heavy atom. The van der Waals surface area contributed by atoms with Crippen LogP contribution in [0.1, 0.15) is 25.8 Å². The van der Waals surface area contributed by atoms with E-state index in [-0.39, 0.29) is 23.0 Å². The van der Waals surface area contributed by atoms with Crippen LogP contribution in [0.15, 0.2) is 83.8 Å². The fourth-order valence-corrected chi connectivity index (χ4v) is 5.20. The number of ether oxygens (including phenoxy) is 1. The highest BCUT2D eigenvalue weighted by Gasteiger charge is 2.32. The van der Waals surface area contributed by atoms with E-state index in [0.717, 1.165) is 28.4 Å². The molecular weight excluding hydrogens is 509 g/mol. The van der Waals surface area contributed by atoms with E-state index in [1.807, 2.05) is 6.92 Å². The lowest BCUT2D eigenvalue weighted by atomic mass is 10.1. The number of hydrogen-bond acceptors (Lipinski definition) is 5. The number of halogens is 1. The fraction of sp³-hybridized carbons (Fsp3) is 0.286. The van der Waals surface area contributed by atoms with E-state index in [1.165, 1.54) is 29.2 Å². The number of carbonyl (C=O) groups is 2. The number of benzene rings is 3. The van der Waals surface area contributed by atoms with Crippen molar-refractivity contribution in [1.82, 2.24) is 10.2 Å². The largest absolute Gasteiger partial charge is 0.497 e. The van der Waals surface area contributed by atoms with Crippen molar-refractivity contribution in [3.8, 4) is 5.75 Å². The number of rotatable bonds is 12. The number of anilines is 1. The van der Waals surface area contributed by atoms with Gasteiger partial charge in [-0.05, 0) is 67.4 Å². The number of nitrogens with zero attached hydrogens (tertiary/aromatic N) is 2. The van der Waals surface area contributed by atoms with Gasteiger partial charge in [-0.25, -0.2) is 12.8 Å².